The quantitative estimate of drug-likeness (QED) is 0.805. The van der Waals surface area contributed by atoms with Crippen LogP contribution in [-0.2, 0) is 13.0 Å². The number of aliphatic hydroxyl groups is 1. The number of benzene rings is 1. The number of rotatable bonds is 2. The lowest BCUT2D eigenvalue weighted by atomic mass is 10.00. The van der Waals surface area contributed by atoms with E-state index in [4.69, 9.17) is 16.7 Å². The molecule has 1 N–H and O–H groups in total. The van der Waals surface area contributed by atoms with Crippen LogP contribution in [0.15, 0.2) is 18.2 Å². The average molecular weight is 212 g/mol. The third-order valence-electron chi connectivity index (χ3n) is 2.70. The highest BCUT2D eigenvalue weighted by Gasteiger charge is 2.16. The number of fused-ring (bicyclic) bond motifs is 1. The van der Waals surface area contributed by atoms with Gasteiger partial charge in [0.25, 0.3) is 0 Å². The molecular formula is C11H14ClNO. The van der Waals surface area contributed by atoms with Crippen LogP contribution < -0.4 is 0 Å². The highest BCUT2D eigenvalue weighted by Crippen LogP contribution is 2.25. The van der Waals surface area contributed by atoms with Crippen LogP contribution in [0.2, 0.25) is 5.02 Å². The van der Waals surface area contributed by atoms with Crippen molar-refractivity contribution >= 4 is 11.6 Å². The second kappa shape index (κ2) is 4.30. The molecule has 76 valence electrons. The Kier molecular flexibility index (Phi) is 3.06. The molecule has 0 amide bonds. The van der Waals surface area contributed by atoms with E-state index in [1.54, 1.807) is 0 Å². The van der Waals surface area contributed by atoms with E-state index in [-0.39, 0.29) is 6.61 Å². The van der Waals surface area contributed by atoms with E-state index in [0.717, 1.165) is 31.1 Å². The van der Waals surface area contributed by atoms with Crippen molar-refractivity contribution in [3.05, 3.63) is 34.3 Å². The van der Waals surface area contributed by atoms with Gasteiger partial charge in [-0.3, -0.25) is 4.90 Å². The fraction of sp³-hybridized carbons (Fsp3) is 0.455. The molecule has 1 heterocycles. The van der Waals surface area contributed by atoms with Gasteiger partial charge in [-0.25, -0.2) is 0 Å². The van der Waals surface area contributed by atoms with Gasteiger partial charge in [0.05, 0.1) is 6.61 Å². The lowest BCUT2D eigenvalue weighted by Crippen LogP contribution is -2.32. The summed E-state index contributed by atoms with van der Waals surface area (Å²) < 4.78 is 0. The van der Waals surface area contributed by atoms with Gasteiger partial charge in [0, 0.05) is 24.7 Å². The summed E-state index contributed by atoms with van der Waals surface area (Å²) in [5, 5.41) is 9.73. The topological polar surface area (TPSA) is 23.5 Å². The lowest BCUT2D eigenvalue weighted by molar-refractivity contribution is 0.184. The second-order valence-corrected chi connectivity index (χ2v) is 4.03. The summed E-state index contributed by atoms with van der Waals surface area (Å²) in [6, 6.07) is 6.05. The fourth-order valence-electron chi connectivity index (χ4n) is 1.95. The molecular weight excluding hydrogens is 198 g/mol. The van der Waals surface area contributed by atoms with Crippen LogP contribution in [0.5, 0.6) is 0 Å². The van der Waals surface area contributed by atoms with Gasteiger partial charge in [-0.1, -0.05) is 23.7 Å². The van der Waals surface area contributed by atoms with Crippen molar-refractivity contribution in [2.45, 2.75) is 13.0 Å². The van der Waals surface area contributed by atoms with E-state index in [1.165, 1.54) is 11.1 Å². The highest BCUT2D eigenvalue weighted by atomic mass is 35.5. The molecule has 0 aliphatic carbocycles. The second-order valence-electron chi connectivity index (χ2n) is 3.63. The van der Waals surface area contributed by atoms with Gasteiger partial charge >= 0.3 is 0 Å². The largest absolute Gasteiger partial charge is 0.395 e. The van der Waals surface area contributed by atoms with Crippen molar-refractivity contribution in [2.75, 3.05) is 19.7 Å². The molecule has 1 aromatic rings. The predicted octanol–water partition coefficient (Wildman–Crippen LogP) is 1.69. The predicted molar refractivity (Wildman–Crippen MR) is 57.5 cm³/mol. The minimum atomic E-state index is 0.232. The summed E-state index contributed by atoms with van der Waals surface area (Å²) >= 11 is 6.10. The molecule has 1 aliphatic rings. The molecule has 0 saturated carbocycles. The Balaban J connectivity index is 2.18. The summed E-state index contributed by atoms with van der Waals surface area (Å²) in [6.07, 6.45) is 0.995. The molecule has 14 heavy (non-hydrogen) atoms. The molecule has 3 heteroatoms. The van der Waals surface area contributed by atoms with Gasteiger partial charge in [-0.15, -0.1) is 0 Å². The number of β-amino-alcohol motifs (C(OH)–C–C–N with tert-alkyl or cyclic N) is 1. The van der Waals surface area contributed by atoms with Gasteiger partial charge in [0.1, 0.15) is 0 Å². The lowest BCUT2D eigenvalue weighted by Gasteiger charge is -2.28. The van der Waals surface area contributed by atoms with Crippen LogP contribution in [0, 0.1) is 0 Å². The number of hydrogen-bond acceptors (Lipinski definition) is 2. The molecule has 1 aliphatic heterocycles. The molecule has 0 unspecified atom stereocenters. The Morgan fingerprint density at radius 2 is 2.29 bits per heavy atom. The van der Waals surface area contributed by atoms with Crippen molar-refractivity contribution in [3.63, 3.8) is 0 Å². The molecule has 0 spiro atoms. The molecule has 2 nitrogen and oxygen atoms in total. The number of aliphatic hydroxyl groups excluding tert-OH is 1. The highest BCUT2D eigenvalue weighted by molar-refractivity contribution is 6.31. The Hall–Kier alpha value is -0.570. The van der Waals surface area contributed by atoms with Crippen molar-refractivity contribution in [3.8, 4) is 0 Å². The first kappa shape index (κ1) is 9.97. The molecule has 2 rings (SSSR count). The first-order valence-electron chi connectivity index (χ1n) is 4.91. The minimum absolute atomic E-state index is 0.232. The smallest absolute Gasteiger partial charge is 0.0558 e. The standard InChI is InChI=1S/C11H14ClNO/c12-11-3-1-2-9-8-13(6-7-14)5-4-10(9)11/h1-3,14H,4-8H2. The van der Waals surface area contributed by atoms with Crippen LogP contribution in [-0.4, -0.2) is 29.7 Å². The van der Waals surface area contributed by atoms with Gasteiger partial charge in [-0.2, -0.15) is 0 Å². The first-order valence-corrected chi connectivity index (χ1v) is 5.28. The third-order valence-corrected chi connectivity index (χ3v) is 3.06. The maximum absolute atomic E-state index is 8.85. The van der Waals surface area contributed by atoms with Crippen molar-refractivity contribution in [1.29, 1.82) is 0 Å². The van der Waals surface area contributed by atoms with E-state index < -0.39 is 0 Å². The first-order chi connectivity index (χ1) is 6.81. The van der Waals surface area contributed by atoms with Crippen LogP contribution in [0.1, 0.15) is 11.1 Å². The van der Waals surface area contributed by atoms with Crippen molar-refractivity contribution in [1.82, 2.24) is 4.90 Å². The Bertz CT molecular complexity index is 327. The molecule has 0 bridgehead atoms. The summed E-state index contributed by atoms with van der Waals surface area (Å²) in [6.45, 7) is 2.90. The molecule has 0 saturated heterocycles. The van der Waals surface area contributed by atoms with Crippen LogP contribution in [0.25, 0.3) is 0 Å². The number of nitrogens with zero attached hydrogens (tertiary/aromatic N) is 1. The van der Waals surface area contributed by atoms with Gasteiger partial charge in [0.15, 0.2) is 0 Å². The van der Waals surface area contributed by atoms with Crippen LogP contribution in [0.4, 0.5) is 0 Å². The minimum Gasteiger partial charge on any atom is -0.395 e. The maximum atomic E-state index is 8.85. The third kappa shape index (κ3) is 1.92. The zero-order chi connectivity index (χ0) is 9.97. The monoisotopic (exact) mass is 211 g/mol. The molecule has 0 atom stereocenters. The summed E-state index contributed by atoms with van der Waals surface area (Å²) in [5.41, 5.74) is 2.58. The van der Waals surface area contributed by atoms with E-state index in [2.05, 4.69) is 11.0 Å². The Labute approximate surface area is 89.1 Å². The van der Waals surface area contributed by atoms with Crippen molar-refractivity contribution in [2.24, 2.45) is 0 Å². The number of hydrogen-bond donors (Lipinski definition) is 1. The number of halogens is 1. The maximum Gasteiger partial charge on any atom is 0.0558 e. The summed E-state index contributed by atoms with van der Waals surface area (Å²) in [7, 11) is 0. The van der Waals surface area contributed by atoms with Gasteiger partial charge in [-0.05, 0) is 23.6 Å². The Morgan fingerprint density at radius 3 is 3.07 bits per heavy atom. The summed E-state index contributed by atoms with van der Waals surface area (Å²) in [4.78, 5) is 2.25. The van der Waals surface area contributed by atoms with E-state index >= 15 is 0 Å². The van der Waals surface area contributed by atoms with E-state index in [0.29, 0.717) is 0 Å². The van der Waals surface area contributed by atoms with Gasteiger partial charge in [0.2, 0.25) is 0 Å². The molecule has 0 fully saturated rings. The van der Waals surface area contributed by atoms with Crippen LogP contribution >= 0.6 is 11.6 Å². The normalized spacial score (nSPS) is 16.7. The SMILES string of the molecule is OCCN1CCc2c(Cl)cccc2C1. The molecule has 0 radical (unpaired) electrons. The van der Waals surface area contributed by atoms with Crippen molar-refractivity contribution < 1.29 is 5.11 Å². The zero-order valence-corrected chi connectivity index (χ0v) is 8.80. The average Bonchev–Trinajstić information content (AvgIpc) is 2.18. The van der Waals surface area contributed by atoms with Gasteiger partial charge < -0.3 is 5.11 Å². The van der Waals surface area contributed by atoms with E-state index in [9.17, 15) is 0 Å². The molecule has 1 aromatic carbocycles. The molecule has 0 aromatic heterocycles. The fourth-order valence-corrected chi connectivity index (χ4v) is 2.24. The summed E-state index contributed by atoms with van der Waals surface area (Å²) in [5.74, 6) is 0. The van der Waals surface area contributed by atoms with E-state index in [1.807, 2.05) is 12.1 Å². The zero-order valence-electron chi connectivity index (χ0n) is 8.04. The Morgan fingerprint density at radius 1 is 1.43 bits per heavy atom. The van der Waals surface area contributed by atoms with Crippen LogP contribution in [0.3, 0.4) is 0 Å².